The van der Waals surface area contributed by atoms with Gasteiger partial charge in [-0.25, -0.2) is 0 Å². The van der Waals surface area contributed by atoms with Crippen molar-refractivity contribution in [3.63, 3.8) is 0 Å². The van der Waals surface area contributed by atoms with E-state index in [0.29, 0.717) is 0 Å². The summed E-state index contributed by atoms with van der Waals surface area (Å²) in [5, 5.41) is 4.34. The van der Waals surface area contributed by atoms with E-state index in [9.17, 15) is 0 Å². The van der Waals surface area contributed by atoms with Crippen LogP contribution in [0.15, 0.2) is 247 Å². The fourth-order valence-corrected chi connectivity index (χ4v) is 8.77. The zero-order chi connectivity index (χ0) is 40.5. The molecule has 11 rings (SSSR count). The summed E-state index contributed by atoms with van der Waals surface area (Å²) in [4.78, 5) is 4.72. The minimum atomic E-state index is 0.822. The molecule has 0 saturated carbocycles. The number of benzene rings is 10. The molecule has 10 aromatic carbocycles. The van der Waals surface area contributed by atoms with E-state index in [2.05, 4.69) is 252 Å². The Bertz CT molecular complexity index is 3300. The van der Waals surface area contributed by atoms with Crippen LogP contribution in [-0.2, 0) is 0 Å². The van der Waals surface area contributed by atoms with E-state index in [-0.39, 0.29) is 0 Å². The zero-order valence-corrected chi connectivity index (χ0v) is 33.4. The van der Waals surface area contributed by atoms with E-state index >= 15 is 0 Å². The van der Waals surface area contributed by atoms with Crippen LogP contribution in [0.25, 0.3) is 66.1 Å². The molecule has 0 aliphatic carbocycles. The van der Waals surface area contributed by atoms with Gasteiger partial charge in [0.2, 0.25) is 0 Å². The second-order valence-electron chi connectivity index (χ2n) is 15.3. The van der Waals surface area contributed by atoms with Gasteiger partial charge in [-0.1, -0.05) is 176 Å². The average molecular weight is 781 g/mol. The fraction of sp³-hybridized carbons (Fsp3) is 0. The molecule has 61 heavy (non-hydrogen) atoms. The number of furan rings is 1. The van der Waals surface area contributed by atoms with Crippen molar-refractivity contribution in [2.24, 2.45) is 0 Å². The Morgan fingerprint density at radius 2 is 0.770 bits per heavy atom. The minimum absolute atomic E-state index is 0.822. The highest BCUT2D eigenvalue weighted by Crippen LogP contribution is 2.48. The summed E-state index contributed by atoms with van der Waals surface area (Å²) in [5.41, 5.74) is 14.8. The van der Waals surface area contributed by atoms with E-state index in [0.717, 1.165) is 83.5 Å². The Morgan fingerprint density at radius 3 is 1.48 bits per heavy atom. The Labute approximate surface area is 355 Å². The Hall–Kier alpha value is -8.14. The molecule has 0 unspecified atom stereocenters. The molecule has 1 aromatic heterocycles. The number of hydrogen-bond acceptors (Lipinski definition) is 3. The van der Waals surface area contributed by atoms with Crippen molar-refractivity contribution in [2.75, 3.05) is 9.80 Å². The van der Waals surface area contributed by atoms with Gasteiger partial charge in [0.05, 0.1) is 5.69 Å². The van der Waals surface area contributed by atoms with Crippen LogP contribution in [0.3, 0.4) is 0 Å². The first kappa shape index (κ1) is 36.0. The topological polar surface area (TPSA) is 19.6 Å². The highest BCUT2D eigenvalue weighted by Gasteiger charge is 2.25. The van der Waals surface area contributed by atoms with Crippen molar-refractivity contribution in [1.82, 2.24) is 0 Å². The van der Waals surface area contributed by atoms with Crippen LogP contribution in [0, 0.1) is 0 Å². The van der Waals surface area contributed by atoms with Gasteiger partial charge in [-0.3, -0.25) is 0 Å². The first-order chi connectivity index (χ1) is 30.3. The second-order valence-corrected chi connectivity index (χ2v) is 15.3. The third-order valence-corrected chi connectivity index (χ3v) is 11.6. The largest absolute Gasteiger partial charge is 0.453 e. The average Bonchev–Trinajstić information content (AvgIpc) is 3.73. The molecule has 0 radical (unpaired) electrons. The number of fused-ring (bicyclic) bond motifs is 5. The summed E-state index contributed by atoms with van der Waals surface area (Å²) in [5.74, 6) is 0. The Kier molecular flexibility index (Phi) is 9.18. The predicted octanol–water partition coefficient (Wildman–Crippen LogP) is 16.7. The van der Waals surface area contributed by atoms with E-state index in [1.807, 2.05) is 0 Å². The lowest BCUT2D eigenvalue weighted by atomic mass is 9.94. The van der Waals surface area contributed by atoms with Crippen LogP contribution in [-0.4, -0.2) is 0 Å². The van der Waals surface area contributed by atoms with E-state index in [1.165, 1.54) is 16.7 Å². The smallest absolute Gasteiger partial charge is 0.159 e. The predicted molar refractivity (Wildman–Crippen MR) is 257 cm³/mol. The molecule has 0 aliphatic rings. The minimum Gasteiger partial charge on any atom is -0.453 e. The summed E-state index contributed by atoms with van der Waals surface area (Å²) < 4.78 is 7.15. The van der Waals surface area contributed by atoms with Crippen LogP contribution in [0.5, 0.6) is 0 Å². The molecule has 0 amide bonds. The monoisotopic (exact) mass is 780 g/mol. The third kappa shape index (κ3) is 6.69. The summed E-state index contributed by atoms with van der Waals surface area (Å²) in [6.07, 6.45) is 0. The lowest BCUT2D eigenvalue weighted by molar-refractivity contribution is 0.673. The van der Waals surface area contributed by atoms with Crippen LogP contribution >= 0.6 is 0 Å². The molecule has 0 spiro atoms. The molecule has 288 valence electrons. The van der Waals surface area contributed by atoms with E-state index in [1.54, 1.807) is 0 Å². The van der Waals surface area contributed by atoms with Gasteiger partial charge in [-0.05, 0) is 105 Å². The van der Waals surface area contributed by atoms with Crippen molar-refractivity contribution < 1.29 is 4.42 Å². The van der Waals surface area contributed by atoms with Gasteiger partial charge in [0.25, 0.3) is 0 Å². The number of nitrogens with zero attached hydrogens (tertiary/aromatic N) is 2. The molecule has 0 bridgehead atoms. The van der Waals surface area contributed by atoms with Crippen LogP contribution in [0.2, 0.25) is 0 Å². The molecule has 0 N–H and O–H groups in total. The van der Waals surface area contributed by atoms with Crippen LogP contribution < -0.4 is 9.80 Å². The lowest BCUT2D eigenvalue weighted by Crippen LogP contribution is -2.13. The summed E-state index contributed by atoms with van der Waals surface area (Å²) in [6, 6.07) is 86.5. The molecule has 3 nitrogen and oxygen atoms in total. The Balaban J connectivity index is 1.18. The maximum absolute atomic E-state index is 7.15. The van der Waals surface area contributed by atoms with Gasteiger partial charge in [-0.15, -0.1) is 0 Å². The molecule has 0 fully saturated rings. The van der Waals surface area contributed by atoms with Crippen molar-refractivity contribution in [3.8, 4) is 33.4 Å². The summed E-state index contributed by atoms with van der Waals surface area (Å²) in [6.45, 7) is 0. The summed E-state index contributed by atoms with van der Waals surface area (Å²) >= 11 is 0. The number of hydrogen-bond donors (Lipinski definition) is 0. The molecular weight excluding hydrogens is 741 g/mol. The molecule has 0 aliphatic heterocycles. The normalized spacial score (nSPS) is 11.3. The lowest BCUT2D eigenvalue weighted by Gasteiger charge is -2.30. The van der Waals surface area contributed by atoms with E-state index < -0.39 is 0 Å². The number of para-hydroxylation sites is 2. The first-order valence-corrected chi connectivity index (χ1v) is 20.8. The number of rotatable bonds is 9. The molecule has 3 heteroatoms. The van der Waals surface area contributed by atoms with Gasteiger partial charge in [0.1, 0.15) is 5.58 Å². The molecular formula is C58H40N2O. The SMILES string of the molecule is c1ccc(-c2cccc(N(c3ccccc3)c3cc(N(c4ccccc4)c4cccc(-c5ccccc5-c5ccccc5)c4)cc4c3oc3c5ccccc5ccc43)c2)cc1. The highest BCUT2D eigenvalue weighted by molar-refractivity contribution is 6.18. The zero-order valence-electron chi connectivity index (χ0n) is 33.4. The maximum atomic E-state index is 7.15. The van der Waals surface area contributed by atoms with Crippen LogP contribution in [0.1, 0.15) is 0 Å². The van der Waals surface area contributed by atoms with Crippen molar-refractivity contribution in [2.45, 2.75) is 0 Å². The third-order valence-electron chi connectivity index (χ3n) is 11.6. The van der Waals surface area contributed by atoms with Crippen LogP contribution in [0.4, 0.5) is 34.1 Å². The highest BCUT2D eigenvalue weighted by atomic mass is 16.3. The van der Waals surface area contributed by atoms with Crippen molar-refractivity contribution >= 4 is 66.8 Å². The summed E-state index contributed by atoms with van der Waals surface area (Å²) in [7, 11) is 0. The molecule has 0 saturated heterocycles. The standard InChI is InChI=1S/C58H40N2O/c1-5-19-41(20-6-1)44-24-17-31-49(37-44)60(47-28-11-4-12-29-47)56-40-50(39-55-54-36-35-43-23-13-14-34-53(43)57(54)61-58(55)56)59(46-26-9-3-10-27-46)48-30-18-25-45(38-48)52-33-16-15-32-51(52)42-21-7-2-8-22-42/h1-40H. The van der Waals surface area contributed by atoms with E-state index in [4.69, 9.17) is 4.42 Å². The molecule has 0 atom stereocenters. The molecule has 11 aromatic rings. The van der Waals surface area contributed by atoms with Crippen molar-refractivity contribution in [1.29, 1.82) is 0 Å². The quantitative estimate of drug-likeness (QED) is 0.145. The van der Waals surface area contributed by atoms with Gasteiger partial charge in [0, 0.05) is 44.6 Å². The Morgan fingerprint density at radius 1 is 0.262 bits per heavy atom. The number of anilines is 6. The fourth-order valence-electron chi connectivity index (χ4n) is 8.77. The first-order valence-electron chi connectivity index (χ1n) is 20.8. The van der Waals surface area contributed by atoms with Gasteiger partial charge in [-0.2, -0.15) is 0 Å². The van der Waals surface area contributed by atoms with Gasteiger partial charge < -0.3 is 14.2 Å². The van der Waals surface area contributed by atoms with Crippen molar-refractivity contribution in [3.05, 3.63) is 243 Å². The maximum Gasteiger partial charge on any atom is 0.159 e. The second kappa shape index (κ2) is 15.6. The van der Waals surface area contributed by atoms with Gasteiger partial charge in [0.15, 0.2) is 5.58 Å². The molecule has 1 heterocycles. The van der Waals surface area contributed by atoms with Gasteiger partial charge >= 0.3 is 0 Å².